The topological polar surface area (TPSA) is 119 Å². The lowest BCUT2D eigenvalue weighted by Gasteiger charge is -2.34. The molecular weight excluding hydrogens is 389 g/mol. The first-order valence-corrected chi connectivity index (χ1v) is 10.3. The predicted molar refractivity (Wildman–Crippen MR) is 119 cm³/mol. The number of nitrogens with zero attached hydrogens (tertiary/aromatic N) is 3. The number of hydrogen-bond donors (Lipinski definition) is 4. The zero-order valence-electron chi connectivity index (χ0n) is 16.2. The Kier molecular flexibility index (Phi) is 6.50. The Bertz CT molecular complexity index is 952. The van der Waals surface area contributed by atoms with Gasteiger partial charge in [-0.1, -0.05) is 11.9 Å². The number of benzene rings is 1. The molecule has 0 saturated carbocycles. The van der Waals surface area contributed by atoms with Gasteiger partial charge in [-0.25, -0.2) is 13.7 Å². The van der Waals surface area contributed by atoms with Crippen LogP contribution in [0, 0.1) is 16.6 Å². The van der Waals surface area contributed by atoms with Gasteiger partial charge in [-0.3, -0.25) is 5.41 Å². The summed E-state index contributed by atoms with van der Waals surface area (Å²) in [5.74, 6) is 0.135. The molecule has 7 nitrogen and oxygen atoms in total. The predicted octanol–water partition coefficient (Wildman–Crippen LogP) is 2.57. The summed E-state index contributed by atoms with van der Waals surface area (Å²) in [6.07, 6.45) is 5.98. The fourth-order valence-electron chi connectivity index (χ4n) is 3.22. The van der Waals surface area contributed by atoms with E-state index in [1.165, 1.54) is 12.3 Å². The van der Waals surface area contributed by atoms with E-state index in [-0.39, 0.29) is 17.0 Å². The molecule has 1 fully saturated rings. The molecule has 1 aromatic carbocycles. The first-order chi connectivity index (χ1) is 14.0. The largest absolute Gasteiger partial charge is 0.404 e. The van der Waals surface area contributed by atoms with E-state index in [4.69, 9.17) is 22.3 Å². The van der Waals surface area contributed by atoms with E-state index >= 15 is 0 Å². The van der Waals surface area contributed by atoms with Crippen molar-refractivity contribution in [2.75, 3.05) is 43.1 Å². The molecule has 6 N–H and O–H groups in total. The van der Waals surface area contributed by atoms with Crippen LogP contribution in [0.15, 0.2) is 36.7 Å². The van der Waals surface area contributed by atoms with Crippen LogP contribution < -0.4 is 16.4 Å². The van der Waals surface area contributed by atoms with Crippen molar-refractivity contribution in [3.05, 3.63) is 59.2 Å². The number of piperazine rings is 1. The molecule has 0 radical (unpaired) electrons. The highest BCUT2D eigenvalue weighted by molar-refractivity contribution is 7.96. The zero-order valence-corrected chi connectivity index (χ0v) is 17.0. The number of halogens is 1. The summed E-state index contributed by atoms with van der Waals surface area (Å²) in [7, 11) is 0. The number of aromatic nitrogens is 1. The van der Waals surface area contributed by atoms with Gasteiger partial charge in [0.2, 0.25) is 0 Å². The number of nitrogens with one attached hydrogen (secondary N) is 2. The summed E-state index contributed by atoms with van der Waals surface area (Å²) in [4.78, 5) is 6.62. The normalized spacial score (nSPS) is 15.4. The molecule has 0 amide bonds. The highest BCUT2D eigenvalue weighted by Gasteiger charge is 2.19. The highest BCUT2D eigenvalue weighted by Crippen LogP contribution is 2.26. The van der Waals surface area contributed by atoms with E-state index in [1.54, 1.807) is 30.3 Å². The van der Waals surface area contributed by atoms with Gasteiger partial charge in [0, 0.05) is 61.5 Å². The van der Waals surface area contributed by atoms with Crippen LogP contribution in [0.25, 0.3) is 5.57 Å². The van der Waals surface area contributed by atoms with Gasteiger partial charge >= 0.3 is 0 Å². The minimum absolute atomic E-state index is 0.0935. The molecule has 1 aliphatic heterocycles. The SMILES string of the molecule is CSN1CCN(c2cc(C(=N)c3cc(/C(C=N)=C/N)cc(F)c3N)ccn2)CC1. The minimum Gasteiger partial charge on any atom is -0.404 e. The summed E-state index contributed by atoms with van der Waals surface area (Å²) in [6.45, 7) is 3.56. The van der Waals surface area contributed by atoms with E-state index in [2.05, 4.69) is 20.4 Å². The van der Waals surface area contributed by atoms with Gasteiger partial charge in [-0.2, -0.15) is 0 Å². The van der Waals surface area contributed by atoms with E-state index in [0.29, 0.717) is 16.7 Å². The van der Waals surface area contributed by atoms with Gasteiger partial charge in [0.05, 0.1) is 11.4 Å². The van der Waals surface area contributed by atoms with Crippen molar-refractivity contribution in [1.82, 2.24) is 9.29 Å². The Morgan fingerprint density at radius 2 is 1.93 bits per heavy atom. The Hall–Kier alpha value is -2.91. The lowest BCUT2D eigenvalue weighted by Crippen LogP contribution is -2.43. The van der Waals surface area contributed by atoms with Crippen LogP contribution in [0.3, 0.4) is 0 Å². The number of pyridine rings is 1. The fourth-order valence-corrected chi connectivity index (χ4v) is 3.75. The first-order valence-electron chi connectivity index (χ1n) is 9.09. The number of rotatable bonds is 6. The van der Waals surface area contributed by atoms with Crippen molar-refractivity contribution in [1.29, 1.82) is 10.8 Å². The lowest BCUT2D eigenvalue weighted by atomic mass is 9.96. The quantitative estimate of drug-likeness (QED) is 0.328. The summed E-state index contributed by atoms with van der Waals surface area (Å²) in [5, 5.41) is 16.1. The van der Waals surface area contributed by atoms with Crippen LogP contribution in [0.5, 0.6) is 0 Å². The Labute approximate surface area is 173 Å². The van der Waals surface area contributed by atoms with Crippen LogP contribution in [-0.4, -0.2) is 53.7 Å². The molecule has 0 spiro atoms. The lowest BCUT2D eigenvalue weighted by molar-refractivity contribution is 0.429. The summed E-state index contributed by atoms with van der Waals surface area (Å²) in [6, 6.07) is 6.35. The van der Waals surface area contributed by atoms with E-state index in [0.717, 1.165) is 38.2 Å². The van der Waals surface area contributed by atoms with Crippen molar-refractivity contribution >= 4 is 41.0 Å². The average Bonchev–Trinajstić information content (AvgIpc) is 2.76. The molecule has 1 aliphatic rings. The van der Waals surface area contributed by atoms with Crippen LogP contribution >= 0.6 is 11.9 Å². The molecule has 2 aromatic rings. The van der Waals surface area contributed by atoms with Gasteiger partial charge in [-0.05, 0) is 36.1 Å². The molecule has 3 rings (SSSR count). The number of anilines is 2. The highest BCUT2D eigenvalue weighted by atomic mass is 32.2. The second kappa shape index (κ2) is 9.06. The van der Waals surface area contributed by atoms with E-state index in [1.807, 2.05) is 6.07 Å². The van der Waals surface area contributed by atoms with Crippen LogP contribution in [0.4, 0.5) is 15.9 Å². The van der Waals surface area contributed by atoms with Crippen LogP contribution in [0.2, 0.25) is 0 Å². The Morgan fingerprint density at radius 1 is 1.21 bits per heavy atom. The van der Waals surface area contributed by atoms with Crippen molar-refractivity contribution in [2.45, 2.75) is 0 Å². The second-order valence-corrected chi connectivity index (χ2v) is 7.44. The summed E-state index contributed by atoms with van der Waals surface area (Å²) >= 11 is 1.73. The maximum Gasteiger partial charge on any atom is 0.147 e. The molecule has 2 heterocycles. The summed E-state index contributed by atoms with van der Waals surface area (Å²) in [5.41, 5.74) is 13.0. The maximum absolute atomic E-state index is 14.4. The van der Waals surface area contributed by atoms with Crippen LogP contribution in [-0.2, 0) is 0 Å². The zero-order chi connectivity index (χ0) is 21.0. The molecule has 0 atom stereocenters. The molecule has 1 saturated heterocycles. The van der Waals surface area contributed by atoms with Crippen molar-refractivity contribution in [3.63, 3.8) is 0 Å². The van der Waals surface area contributed by atoms with Crippen LogP contribution in [0.1, 0.15) is 16.7 Å². The smallest absolute Gasteiger partial charge is 0.147 e. The molecule has 1 aromatic heterocycles. The monoisotopic (exact) mass is 413 g/mol. The van der Waals surface area contributed by atoms with E-state index < -0.39 is 5.82 Å². The van der Waals surface area contributed by atoms with Gasteiger partial charge < -0.3 is 21.8 Å². The minimum atomic E-state index is -0.647. The maximum atomic E-state index is 14.4. The van der Waals surface area contributed by atoms with Crippen molar-refractivity contribution < 1.29 is 4.39 Å². The third kappa shape index (κ3) is 4.41. The first kappa shape index (κ1) is 20.8. The molecule has 152 valence electrons. The third-order valence-electron chi connectivity index (χ3n) is 4.92. The molecule has 9 heteroatoms. The molecule has 0 aliphatic carbocycles. The molecule has 0 bridgehead atoms. The van der Waals surface area contributed by atoms with Gasteiger partial charge in [0.1, 0.15) is 11.6 Å². The number of hydrogen-bond acceptors (Lipinski definition) is 8. The third-order valence-corrected chi connectivity index (χ3v) is 5.80. The molecule has 29 heavy (non-hydrogen) atoms. The van der Waals surface area contributed by atoms with Crippen molar-refractivity contribution in [2.24, 2.45) is 5.73 Å². The molecular formula is C20H24FN7S. The summed E-state index contributed by atoms with van der Waals surface area (Å²) < 4.78 is 16.7. The number of nitrogens with two attached hydrogens (primary N) is 2. The Balaban J connectivity index is 1.92. The second-order valence-electron chi connectivity index (χ2n) is 6.56. The van der Waals surface area contributed by atoms with Gasteiger partial charge in [-0.15, -0.1) is 0 Å². The van der Waals surface area contributed by atoms with Crippen molar-refractivity contribution in [3.8, 4) is 0 Å². The van der Waals surface area contributed by atoms with Gasteiger partial charge in [0.15, 0.2) is 0 Å². The van der Waals surface area contributed by atoms with E-state index in [9.17, 15) is 4.39 Å². The Morgan fingerprint density at radius 3 is 2.55 bits per heavy atom. The number of allylic oxidation sites excluding steroid dienone is 1. The average molecular weight is 414 g/mol. The number of nitrogen functional groups attached to an aromatic ring is 1. The standard InChI is InChI=1S/C20H24FN7S/c1-29-28-6-4-27(5-7-28)18-10-13(2-3-26-18)19(24)16-8-14(15(11-22)12-23)9-17(21)20(16)25/h2-3,8-12,22,24H,4-7,23,25H2,1H3/b15-12+,22-11?,24-19?. The fraction of sp³-hybridized carbons (Fsp3) is 0.250. The molecule has 0 unspecified atom stereocenters. The van der Waals surface area contributed by atoms with Gasteiger partial charge in [0.25, 0.3) is 0 Å².